The number of benzene rings is 1. The Kier molecular flexibility index (Phi) is 3.82. The molecule has 0 unspecified atom stereocenters. The Morgan fingerprint density at radius 1 is 1.25 bits per heavy atom. The van der Waals surface area contributed by atoms with Gasteiger partial charge < -0.3 is 5.11 Å². The van der Waals surface area contributed by atoms with Gasteiger partial charge in [0.15, 0.2) is 11.6 Å². The van der Waals surface area contributed by atoms with Gasteiger partial charge in [-0.25, -0.2) is 8.78 Å². The van der Waals surface area contributed by atoms with E-state index in [2.05, 4.69) is 4.90 Å². The Hall–Kier alpha value is -1.49. The number of rotatable bonds is 2. The highest BCUT2D eigenvalue weighted by Crippen LogP contribution is 2.36. The first-order valence-electron chi connectivity index (χ1n) is 6.63. The maximum atomic E-state index is 13.4. The topological polar surface area (TPSA) is 40.5 Å². The van der Waals surface area contributed by atoms with E-state index < -0.39 is 23.5 Å². The van der Waals surface area contributed by atoms with Crippen LogP contribution in [0.1, 0.15) is 32.3 Å². The van der Waals surface area contributed by atoms with E-state index in [1.165, 1.54) is 6.07 Å². The van der Waals surface area contributed by atoms with Crippen LogP contribution >= 0.6 is 0 Å². The maximum Gasteiger partial charge on any atom is 0.308 e. The van der Waals surface area contributed by atoms with Crippen LogP contribution in [0.25, 0.3) is 0 Å². The van der Waals surface area contributed by atoms with E-state index in [1.807, 2.05) is 20.8 Å². The van der Waals surface area contributed by atoms with Gasteiger partial charge in [-0.2, -0.15) is 0 Å². The molecule has 110 valence electrons. The number of hydrogen-bond donors (Lipinski definition) is 1. The van der Waals surface area contributed by atoms with Crippen LogP contribution in [0.3, 0.4) is 0 Å². The summed E-state index contributed by atoms with van der Waals surface area (Å²) in [6, 6.07) is 3.65. The number of hydrogen-bond acceptors (Lipinski definition) is 2. The smallest absolute Gasteiger partial charge is 0.308 e. The molecule has 0 aromatic heterocycles. The average molecular weight is 283 g/mol. The van der Waals surface area contributed by atoms with Gasteiger partial charge in [0.25, 0.3) is 0 Å². The van der Waals surface area contributed by atoms with Gasteiger partial charge in [0.2, 0.25) is 0 Å². The van der Waals surface area contributed by atoms with Crippen LogP contribution in [0.4, 0.5) is 8.78 Å². The highest BCUT2D eigenvalue weighted by Gasteiger charge is 2.42. The van der Waals surface area contributed by atoms with Gasteiger partial charge >= 0.3 is 5.97 Å². The van der Waals surface area contributed by atoms with Crippen molar-refractivity contribution in [2.24, 2.45) is 5.92 Å². The monoisotopic (exact) mass is 283 g/mol. The first kappa shape index (κ1) is 14.9. The third kappa shape index (κ3) is 2.82. The van der Waals surface area contributed by atoms with Gasteiger partial charge in [-0.05, 0) is 38.5 Å². The molecule has 1 N–H and O–H groups in total. The van der Waals surface area contributed by atoms with E-state index in [9.17, 15) is 18.7 Å². The van der Waals surface area contributed by atoms with E-state index in [0.717, 1.165) is 12.1 Å². The molecule has 1 saturated heterocycles. The zero-order valence-electron chi connectivity index (χ0n) is 11.9. The van der Waals surface area contributed by atoms with Crippen molar-refractivity contribution in [2.75, 3.05) is 13.1 Å². The average Bonchev–Trinajstić information content (AvgIpc) is 2.77. The molecule has 20 heavy (non-hydrogen) atoms. The molecule has 0 radical (unpaired) electrons. The fraction of sp³-hybridized carbons (Fsp3) is 0.533. The Bertz CT molecular complexity index is 525. The van der Waals surface area contributed by atoms with E-state index >= 15 is 0 Å². The van der Waals surface area contributed by atoms with Crippen LogP contribution in [0.2, 0.25) is 0 Å². The highest BCUT2D eigenvalue weighted by atomic mass is 19.2. The van der Waals surface area contributed by atoms with E-state index in [-0.39, 0.29) is 11.5 Å². The van der Waals surface area contributed by atoms with Crippen molar-refractivity contribution in [2.45, 2.75) is 32.2 Å². The van der Waals surface area contributed by atoms with Gasteiger partial charge in [0.1, 0.15) is 0 Å². The lowest BCUT2D eigenvalue weighted by molar-refractivity contribution is -0.141. The Balaban J connectivity index is 2.32. The second-order valence-corrected chi connectivity index (χ2v) is 6.30. The summed E-state index contributed by atoms with van der Waals surface area (Å²) in [7, 11) is 0. The van der Waals surface area contributed by atoms with Crippen molar-refractivity contribution < 1.29 is 18.7 Å². The minimum atomic E-state index is -0.930. The summed E-state index contributed by atoms with van der Waals surface area (Å²) < 4.78 is 26.4. The predicted molar refractivity (Wildman–Crippen MR) is 71.6 cm³/mol. The van der Waals surface area contributed by atoms with E-state index in [4.69, 9.17) is 0 Å². The van der Waals surface area contributed by atoms with Crippen LogP contribution in [0.5, 0.6) is 0 Å². The zero-order chi connectivity index (χ0) is 15.1. The summed E-state index contributed by atoms with van der Waals surface area (Å²) in [4.78, 5) is 13.5. The third-order valence-electron chi connectivity index (χ3n) is 3.96. The first-order valence-corrected chi connectivity index (χ1v) is 6.63. The van der Waals surface area contributed by atoms with Crippen LogP contribution < -0.4 is 0 Å². The van der Waals surface area contributed by atoms with E-state index in [1.54, 1.807) is 0 Å². The molecule has 5 heteroatoms. The summed E-state index contributed by atoms with van der Waals surface area (Å²) in [6.07, 6.45) is 0. The molecule has 3 nitrogen and oxygen atoms in total. The van der Waals surface area contributed by atoms with Gasteiger partial charge in [0.05, 0.1) is 5.92 Å². The summed E-state index contributed by atoms with van der Waals surface area (Å²) in [5.41, 5.74) is 0.393. The van der Waals surface area contributed by atoms with Crippen LogP contribution in [-0.2, 0) is 4.79 Å². The number of halogens is 2. The van der Waals surface area contributed by atoms with Gasteiger partial charge in [0, 0.05) is 24.5 Å². The van der Waals surface area contributed by atoms with Crippen molar-refractivity contribution in [3.8, 4) is 0 Å². The summed E-state index contributed by atoms with van der Waals surface area (Å²) >= 11 is 0. The number of nitrogens with zero attached hydrogens (tertiary/aromatic N) is 1. The highest BCUT2D eigenvalue weighted by molar-refractivity contribution is 5.72. The SMILES string of the molecule is CC(C)(C)N1C[C@@H](C(=O)O)[C@H](c2ccc(F)c(F)c2)C1. The lowest BCUT2D eigenvalue weighted by atomic mass is 9.89. The lowest BCUT2D eigenvalue weighted by Crippen LogP contribution is -2.40. The number of carboxylic acids is 1. The van der Waals surface area contributed by atoms with Crippen molar-refractivity contribution in [3.05, 3.63) is 35.4 Å². The number of likely N-dealkylation sites (tertiary alicyclic amines) is 1. The molecular weight excluding hydrogens is 264 g/mol. The van der Waals surface area contributed by atoms with Crippen molar-refractivity contribution in [1.82, 2.24) is 4.90 Å². The van der Waals surface area contributed by atoms with Gasteiger partial charge in [-0.1, -0.05) is 6.07 Å². The number of carboxylic acid groups (broad SMARTS) is 1. The molecule has 2 rings (SSSR count). The molecule has 0 amide bonds. The fourth-order valence-corrected chi connectivity index (χ4v) is 2.68. The van der Waals surface area contributed by atoms with Crippen LogP contribution in [-0.4, -0.2) is 34.6 Å². The normalized spacial score (nSPS) is 24.1. The molecule has 0 saturated carbocycles. The van der Waals surface area contributed by atoms with E-state index in [0.29, 0.717) is 18.7 Å². The summed E-state index contributed by atoms with van der Waals surface area (Å²) in [6.45, 7) is 6.99. The lowest BCUT2D eigenvalue weighted by Gasteiger charge is -2.31. The Morgan fingerprint density at radius 3 is 2.40 bits per heavy atom. The van der Waals surface area contributed by atoms with Crippen molar-refractivity contribution in [1.29, 1.82) is 0 Å². The first-order chi connectivity index (χ1) is 9.20. The second-order valence-electron chi connectivity index (χ2n) is 6.30. The standard InChI is InChI=1S/C15H19F2NO2/c1-15(2,3)18-7-10(11(8-18)14(19)20)9-4-5-12(16)13(17)6-9/h4-6,10-11H,7-8H2,1-3H3,(H,19,20)/t10-,11+/m0/s1. The van der Waals surface area contributed by atoms with Gasteiger partial charge in [-0.3, -0.25) is 9.69 Å². The van der Waals surface area contributed by atoms with Crippen LogP contribution in [0.15, 0.2) is 18.2 Å². The molecule has 1 aliphatic heterocycles. The minimum Gasteiger partial charge on any atom is -0.481 e. The fourth-order valence-electron chi connectivity index (χ4n) is 2.68. The maximum absolute atomic E-state index is 13.4. The summed E-state index contributed by atoms with van der Waals surface area (Å²) in [5.74, 6) is -3.65. The van der Waals surface area contributed by atoms with Crippen molar-refractivity contribution in [3.63, 3.8) is 0 Å². The zero-order valence-corrected chi connectivity index (χ0v) is 11.9. The second kappa shape index (κ2) is 5.13. The third-order valence-corrected chi connectivity index (χ3v) is 3.96. The molecule has 0 aliphatic carbocycles. The molecule has 0 spiro atoms. The molecule has 1 heterocycles. The molecule has 2 atom stereocenters. The van der Waals surface area contributed by atoms with Crippen molar-refractivity contribution >= 4 is 5.97 Å². The molecule has 1 aromatic carbocycles. The minimum absolute atomic E-state index is 0.152. The largest absolute Gasteiger partial charge is 0.481 e. The molecule has 0 bridgehead atoms. The molecular formula is C15H19F2NO2. The number of carbonyl (C=O) groups is 1. The van der Waals surface area contributed by atoms with Crippen LogP contribution in [0, 0.1) is 17.6 Å². The summed E-state index contributed by atoms with van der Waals surface area (Å²) in [5, 5.41) is 9.36. The Labute approximate surface area is 117 Å². The molecule has 1 aromatic rings. The number of aliphatic carboxylic acids is 1. The van der Waals surface area contributed by atoms with Gasteiger partial charge in [-0.15, -0.1) is 0 Å². The quantitative estimate of drug-likeness (QED) is 0.907. The molecule has 1 aliphatic rings. The molecule has 1 fully saturated rings. The Morgan fingerprint density at radius 2 is 1.90 bits per heavy atom. The predicted octanol–water partition coefficient (Wildman–Crippen LogP) is 2.86.